The van der Waals surface area contributed by atoms with Crippen molar-refractivity contribution >= 4 is 11.3 Å². The summed E-state index contributed by atoms with van der Waals surface area (Å²) in [6.45, 7) is 0.817. The summed E-state index contributed by atoms with van der Waals surface area (Å²) in [5.74, 6) is 0. The average molecular weight is 234 g/mol. The quantitative estimate of drug-likeness (QED) is 0.866. The van der Waals surface area contributed by atoms with E-state index in [-0.39, 0.29) is 6.10 Å². The fraction of sp³-hybridized carbons (Fsp3) is 0.417. The molecule has 2 heterocycles. The zero-order chi connectivity index (χ0) is 11.0. The monoisotopic (exact) mass is 234 g/mol. The van der Waals surface area contributed by atoms with Crippen molar-refractivity contribution in [1.82, 2.24) is 9.55 Å². The predicted molar refractivity (Wildman–Crippen MR) is 63.5 cm³/mol. The minimum atomic E-state index is -0.263. The van der Waals surface area contributed by atoms with E-state index in [1.165, 1.54) is 5.56 Å². The van der Waals surface area contributed by atoms with Crippen molar-refractivity contribution in [3.63, 3.8) is 0 Å². The lowest BCUT2D eigenvalue weighted by Crippen LogP contribution is -2.05. The highest BCUT2D eigenvalue weighted by Crippen LogP contribution is 2.30. The summed E-state index contributed by atoms with van der Waals surface area (Å²) in [6, 6.07) is 0. The first-order chi connectivity index (χ1) is 7.83. The zero-order valence-corrected chi connectivity index (χ0v) is 9.78. The molecule has 4 heteroatoms. The largest absolute Gasteiger partial charge is 0.388 e. The van der Waals surface area contributed by atoms with Crippen LogP contribution in [0.3, 0.4) is 0 Å². The molecule has 0 saturated carbocycles. The van der Waals surface area contributed by atoms with E-state index in [9.17, 15) is 5.11 Å². The second-order valence-electron chi connectivity index (χ2n) is 4.24. The maximum atomic E-state index is 9.87. The van der Waals surface area contributed by atoms with Crippen molar-refractivity contribution < 1.29 is 5.11 Å². The van der Waals surface area contributed by atoms with Crippen LogP contribution in [-0.2, 0) is 13.0 Å². The Hall–Kier alpha value is -1.13. The SMILES string of the molecule is OC1CCCc2cn(Cc3nccs3)cc21. The van der Waals surface area contributed by atoms with Crippen molar-refractivity contribution in [2.24, 2.45) is 0 Å². The van der Waals surface area contributed by atoms with Gasteiger partial charge in [0.25, 0.3) is 0 Å². The first-order valence-corrected chi connectivity index (χ1v) is 6.46. The summed E-state index contributed by atoms with van der Waals surface area (Å²) in [4.78, 5) is 4.27. The van der Waals surface area contributed by atoms with Gasteiger partial charge in [-0.1, -0.05) is 0 Å². The molecule has 0 bridgehead atoms. The number of aromatic nitrogens is 2. The highest BCUT2D eigenvalue weighted by atomic mass is 32.1. The van der Waals surface area contributed by atoms with Crippen LogP contribution >= 0.6 is 11.3 Å². The van der Waals surface area contributed by atoms with Crippen LogP contribution in [0.1, 0.15) is 35.1 Å². The van der Waals surface area contributed by atoms with Crippen molar-refractivity contribution in [1.29, 1.82) is 0 Å². The van der Waals surface area contributed by atoms with E-state index in [1.54, 1.807) is 11.3 Å². The molecule has 0 aromatic carbocycles. The molecule has 16 heavy (non-hydrogen) atoms. The molecule has 1 unspecified atom stereocenters. The summed E-state index contributed by atoms with van der Waals surface area (Å²) < 4.78 is 2.14. The molecule has 1 atom stereocenters. The summed E-state index contributed by atoms with van der Waals surface area (Å²) >= 11 is 1.67. The molecule has 0 saturated heterocycles. The smallest absolute Gasteiger partial charge is 0.112 e. The Morgan fingerprint density at radius 1 is 1.50 bits per heavy atom. The zero-order valence-electron chi connectivity index (χ0n) is 8.97. The molecule has 1 aliphatic carbocycles. The minimum absolute atomic E-state index is 0.263. The van der Waals surface area contributed by atoms with Crippen LogP contribution in [-0.4, -0.2) is 14.7 Å². The van der Waals surface area contributed by atoms with Gasteiger partial charge < -0.3 is 9.67 Å². The molecular weight excluding hydrogens is 220 g/mol. The summed E-state index contributed by atoms with van der Waals surface area (Å²) in [5, 5.41) is 13.0. The molecule has 3 rings (SSSR count). The van der Waals surface area contributed by atoms with Crippen LogP contribution in [0.2, 0.25) is 0 Å². The molecule has 0 fully saturated rings. The Bertz CT molecular complexity index is 475. The standard InChI is InChI=1S/C12H14N2OS/c15-11-3-1-2-9-6-14(7-10(9)11)8-12-13-4-5-16-12/h4-7,11,15H,1-3,8H2. The third kappa shape index (κ3) is 1.79. The number of hydrogen-bond acceptors (Lipinski definition) is 3. The second-order valence-corrected chi connectivity index (χ2v) is 5.22. The summed E-state index contributed by atoms with van der Waals surface area (Å²) in [5.41, 5.74) is 2.41. The first-order valence-electron chi connectivity index (χ1n) is 5.58. The number of thiazole rings is 1. The molecule has 3 nitrogen and oxygen atoms in total. The number of fused-ring (bicyclic) bond motifs is 1. The van der Waals surface area contributed by atoms with Crippen LogP contribution < -0.4 is 0 Å². The van der Waals surface area contributed by atoms with Gasteiger partial charge in [0.15, 0.2) is 0 Å². The van der Waals surface area contributed by atoms with E-state index >= 15 is 0 Å². The average Bonchev–Trinajstić information content (AvgIpc) is 2.88. The fourth-order valence-corrected chi connectivity index (χ4v) is 2.93. The second kappa shape index (κ2) is 4.03. The van der Waals surface area contributed by atoms with Gasteiger partial charge in [-0.3, -0.25) is 0 Å². The Morgan fingerprint density at radius 2 is 2.44 bits per heavy atom. The third-order valence-electron chi connectivity index (χ3n) is 3.08. The highest BCUT2D eigenvalue weighted by Gasteiger charge is 2.19. The van der Waals surface area contributed by atoms with Crippen LogP contribution in [0.25, 0.3) is 0 Å². The molecule has 0 aliphatic heterocycles. The van der Waals surface area contributed by atoms with Crippen molar-refractivity contribution in [3.8, 4) is 0 Å². The van der Waals surface area contributed by atoms with Gasteiger partial charge in [0.1, 0.15) is 5.01 Å². The number of hydrogen-bond donors (Lipinski definition) is 1. The van der Waals surface area contributed by atoms with E-state index in [0.717, 1.165) is 36.4 Å². The topological polar surface area (TPSA) is 38.0 Å². The molecule has 2 aromatic heterocycles. The molecule has 0 spiro atoms. The highest BCUT2D eigenvalue weighted by molar-refractivity contribution is 7.09. The molecule has 1 N–H and O–H groups in total. The number of aliphatic hydroxyl groups excluding tert-OH is 1. The molecule has 1 aliphatic rings. The lowest BCUT2D eigenvalue weighted by atomic mass is 9.93. The lowest BCUT2D eigenvalue weighted by molar-refractivity contribution is 0.157. The van der Waals surface area contributed by atoms with E-state index in [2.05, 4.69) is 21.9 Å². The molecular formula is C12H14N2OS. The van der Waals surface area contributed by atoms with Gasteiger partial charge in [0.05, 0.1) is 12.6 Å². The number of aliphatic hydroxyl groups is 1. The lowest BCUT2D eigenvalue weighted by Gasteiger charge is -2.16. The predicted octanol–water partition coefficient (Wildman–Crippen LogP) is 2.36. The fourth-order valence-electron chi connectivity index (χ4n) is 2.30. The summed E-state index contributed by atoms with van der Waals surface area (Å²) in [6.07, 6.45) is 8.88. The number of nitrogens with zero attached hydrogens (tertiary/aromatic N) is 2. The number of aryl methyl sites for hydroxylation is 1. The maximum Gasteiger partial charge on any atom is 0.112 e. The number of rotatable bonds is 2. The van der Waals surface area contributed by atoms with Gasteiger partial charge in [-0.05, 0) is 24.8 Å². The molecule has 0 amide bonds. The Morgan fingerprint density at radius 3 is 3.19 bits per heavy atom. The normalized spacial score (nSPS) is 19.7. The van der Waals surface area contributed by atoms with Gasteiger partial charge in [0.2, 0.25) is 0 Å². The Balaban J connectivity index is 1.87. The van der Waals surface area contributed by atoms with Crippen LogP contribution in [0.4, 0.5) is 0 Å². The van der Waals surface area contributed by atoms with Crippen molar-refractivity contribution in [2.45, 2.75) is 31.9 Å². The molecule has 2 aromatic rings. The van der Waals surface area contributed by atoms with E-state index in [4.69, 9.17) is 0 Å². The van der Waals surface area contributed by atoms with Crippen molar-refractivity contribution in [2.75, 3.05) is 0 Å². The summed E-state index contributed by atoms with van der Waals surface area (Å²) in [7, 11) is 0. The van der Waals surface area contributed by atoms with Crippen LogP contribution in [0.5, 0.6) is 0 Å². The van der Waals surface area contributed by atoms with Gasteiger partial charge >= 0.3 is 0 Å². The Kier molecular flexibility index (Phi) is 2.53. The maximum absolute atomic E-state index is 9.87. The van der Waals surface area contributed by atoms with Gasteiger partial charge in [-0.15, -0.1) is 11.3 Å². The molecule has 0 radical (unpaired) electrons. The van der Waals surface area contributed by atoms with E-state index in [1.807, 2.05) is 11.6 Å². The minimum Gasteiger partial charge on any atom is -0.388 e. The van der Waals surface area contributed by atoms with Crippen molar-refractivity contribution in [3.05, 3.63) is 40.1 Å². The van der Waals surface area contributed by atoms with Crippen LogP contribution in [0.15, 0.2) is 24.0 Å². The first kappa shape index (κ1) is 10.1. The van der Waals surface area contributed by atoms with Crippen LogP contribution in [0, 0.1) is 0 Å². The van der Waals surface area contributed by atoms with Gasteiger partial charge in [-0.2, -0.15) is 0 Å². The van der Waals surface area contributed by atoms with Gasteiger partial charge in [0, 0.05) is 29.5 Å². The molecule has 84 valence electrons. The van der Waals surface area contributed by atoms with Gasteiger partial charge in [-0.25, -0.2) is 4.98 Å². The third-order valence-corrected chi connectivity index (χ3v) is 3.85. The van der Waals surface area contributed by atoms with E-state index < -0.39 is 0 Å². The Labute approximate surface area is 98.4 Å². The van der Waals surface area contributed by atoms with E-state index in [0.29, 0.717) is 0 Å².